The Bertz CT molecular complexity index is 379. The lowest BCUT2D eigenvalue weighted by Crippen LogP contribution is -2.45. The van der Waals surface area contributed by atoms with E-state index in [-0.39, 0.29) is 17.3 Å². The first-order valence-electron chi connectivity index (χ1n) is 7.46. The van der Waals surface area contributed by atoms with E-state index in [1.54, 1.807) is 6.08 Å². The summed E-state index contributed by atoms with van der Waals surface area (Å²) in [4.78, 5) is 0. The molecule has 3 heteroatoms. The van der Waals surface area contributed by atoms with E-state index in [0.717, 1.165) is 19.3 Å². The summed E-state index contributed by atoms with van der Waals surface area (Å²) in [6.45, 7) is 11.7. The zero-order chi connectivity index (χ0) is 13.9. The van der Waals surface area contributed by atoms with Crippen molar-refractivity contribution < 1.29 is 14.6 Å². The van der Waals surface area contributed by atoms with Crippen LogP contribution in [0.2, 0.25) is 0 Å². The molecule has 0 bridgehead atoms. The van der Waals surface area contributed by atoms with Crippen molar-refractivity contribution in [2.24, 2.45) is 23.2 Å². The van der Waals surface area contributed by atoms with Crippen molar-refractivity contribution in [3.05, 3.63) is 12.7 Å². The van der Waals surface area contributed by atoms with Crippen LogP contribution in [0, 0.1) is 23.2 Å². The number of ether oxygens (including phenoxy) is 2. The van der Waals surface area contributed by atoms with Crippen molar-refractivity contribution in [2.45, 2.75) is 51.4 Å². The molecule has 4 atom stereocenters. The highest BCUT2D eigenvalue weighted by atomic mass is 16.7. The highest BCUT2D eigenvalue weighted by molar-refractivity contribution is 5.14. The minimum atomic E-state index is -0.844. The van der Waals surface area contributed by atoms with E-state index in [1.165, 1.54) is 0 Å². The molecule has 108 valence electrons. The predicted molar refractivity (Wildman–Crippen MR) is 73.6 cm³/mol. The summed E-state index contributed by atoms with van der Waals surface area (Å²) in [7, 11) is 0. The number of hydrogen-bond acceptors (Lipinski definition) is 3. The van der Waals surface area contributed by atoms with Gasteiger partial charge in [0.2, 0.25) is 0 Å². The Labute approximate surface area is 116 Å². The van der Waals surface area contributed by atoms with Gasteiger partial charge in [0.1, 0.15) is 0 Å². The fourth-order valence-corrected chi connectivity index (χ4v) is 4.85. The van der Waals surface area contributed by atoms with E-state index < -0.39 is 11.4 Å². The van der Waals surface area contributed by atoms with Gasteiger partial charge in [-0.05, 0) is 37.0 Å². The second-order valence-electron chi connectivity index (χ2n) is 7.41. The fraction of sp³-hybridized carbons (Fsp3) is 0.875. The first-order valence-corrected chi connectivity index (χ1v) is 7.46. The summed E-state index contributed by atoms with van der Waals surface area (Å²) in [5, 5.41) is 10.7. The van der Waals surface area contributed by atoms with Gasteiger partial charge >= 0.3 is 0 Å². The van der Waals surface area contributed by atoms with Crippen LogP contribution in [0.1, 0.15) is 40.0 Å². The summed E-state index contributed by atoms with van der Waals surface area (Å²) in [6.07, 6.45) is 4.81. The molecule has 1 spiro atoms. The van der Waals surface area contributed by atoms with E-state index in [1.807, 2.05) is 6.92 Å². The third-order valence-electron chi connectivity index (χ3n) is 5.87. The number of fused-ring (bicyclic) bond motifs is 2. The van der Waals surface area contributed by atoms with Gasteiger partial charge < -0.3 is 14.6 Å². The van der Waals surface area contributed by atoms with E-state index in [2.05, 4.69) is 20.4 Å². The van der Waals surface area contributed by atoms with Gasteiger partial charge in [-0.15, -0.1) is 6.58 Å². The average Bonchev–Trinajstić information content (AvgIpc) is 3.00. The van der Waals surface area contributed by atoms with Crippen molar-refractivity contribution in [1.29, 1.82) is 0 Å². The third kappa shape index (κ3) is 1.82. The summed E-state index contributed by atoms with van der Waals surface area (Å²) in [5.74, 6) is 0.599. The Morgan fingerprint density at radius 1 is 1.32 bits per heavy atom. The molecule has 3 nitrogen and oxygen atoms in total. The zero-order valence-electron chi connectivity index (χ0n) is 12.3. The van der Waals surface area contributed by atoms with Crippen molar-refractivity contribution in [2.75, 3.05) is 13.2 Å². The molecular weight excluding hydrogens is 240 g/mol. The summed E-state index contributed by atoms with van der Waals surface area (Å²) < 4.78 is 12.0. The smallest absolute Gasteiger partial charge is 0.171 e. The summed E-state index contributed by atoms with van der Waals surface area (Å²) in [5.41, 5.74) is -0.607. The molecule has 2 saturated carbocycles. The summed E-state index contributed by atoms with van der Waals surface area (Å²) >= 11 is 0. The summed E-state index contributed by atoms with van der Waals surface area (Å²) in [6, 6.07) is 0. The highest BCUT2D eigenvalue weighted by Crippen LogP contribution is 2.64. The van der Waals surface area contributed by atoms with Crippen LogP contribution in [-0.2, 0) is 9.47 Å². The van der Waals surface area contributed by atoms with Crippen LogP contribution in [0.3, 0.4) is 0 Å². The quantitative estimate of drug-likeness (QED) is 0.781. The first-order chi connectivity index (χ1) is 8.82. The molecule has 3 rings (SSSR count). The van der Waals surface area contributed by atoms with E-state index in [4.69, 9.17) is 9.47 Å². The molecule has 1 aliphatic heterocycles. The molecule has 1 unspecified atom stereocenters. The zero-order valence-corrected chi connectivity index (χ0v) is 12.3. The fourth-order valence-electron chi connectivity index (χ4n) is 4.85. The highest BCUT2D eigenvalue weighted by Gasteiger charge is 2.65. The molecule has 3 fully saturated rings. The van der Waals surface area contributed by atoms with Gasteiger partial charge in [-0.2, -0.15) is 0 Å². The van der Waals surface area contributed by atoms with Crippen molar-refractivity contribution in [1.82, 2.24) is 0 Å². The molecular formula is C16H26O3. The van der Waals surface area contributed by atoms with Gasteiger partial charge in [0, 0.05) is 12.3 Å². The molecule has 2 aliphatic carbocycles. The minimum Gasteiger partial charge on any atom is -0.386 e. The normalized spacial score (nSPS) is 42.2. The topological polar surface area (TPSA) is 38.7 Å². The van der Waals surface area contributed by atoms with Crippen LogP contribution in [0.25, 0.3) is 0 Å². The van der Waals surface area contributed by atoms with Crippen LogP contribution in [0.5, 0.6) is 0 Å². The maximum absolute atomic E-state index is 10.7. The molecule has 0 aromatic rings. The average molecular weight is 266 g/mol. The van der Waals surface area contributed by atoms with Gasteiger partial charge in [-0.1, -0.05) is 19.9 Å². The van der Waals surface area contributed by atoms with Crippen molar-refractivity contribution in [3.63, 3.8) is 0 Å². The van der Waals surface area contributed by atoms with Crippen LogP contribution in [-0.4, -0.2) is 29.7 Å². The largest absolute Gasteiger partial charge is 0.386 e. The van der Waals surface area contributed by atoms with Gasteiger partial charge in [0.25, 0.3) is 0 Å². The second-order valence-corrected chi connectivity index (χ2v) is 7.41. The van der Waals surface area contributed by atoms with Gasteiger partial charge in [0.05, 0.1) is 18.8 Å². The number of hydrogen-bond donors (Lipinski definition) is 1. The Morgan fingerprint density at radius 3 is 2.53 bits per heavy atom. The van der Waals surface area contributed by atoms with Crippen LogP contribution < -0.4 is 0 Å². The monoisotopic (exact) mass is 266 g/mol. The van der Waals surface area contributed by atoms with Gasteiger partial charge in [-0.25, -0.2) is 0 Å². The lowest BCUT2D eigenvalue weighted by atomic mass is 9.77. The van der Waals surface area contributed by atoms with Crippen molar-refractivity contribution >= 4 is 0 Å². The van der Waals surface area contributed by atoms with Crippen LogP contribution in [0.4, 0.5) is 0 Å². The number of aliphatic hydroxyl groups is 1. The molecule has 0 aromatic heterocycles. The number of rotatable bonds is 2. The van der Waals surface area contributed by atoms with E-state index in [9.17, 15) is 5.11 Å². The predicted octanol–water partition coefficient (Wildman–Crippen LogP) is 2.74. The Hall–Kier alpha value is -0.380. The molecule has 0 radical (unpaired) electrons. The maximum Gasteiger partial charge on any atom is 0.171 e. The van der Waals surface area contributed by atoms with Gasteiger partial charge in [0.15, 0.2) is 5.79 Å². The standard InChI is InChI=1S/C16H26O3/c1-5-15(4,17)12-10-14(2,3)11-6-7-16(13(11)12)18-8-9-19-16/h5,11-13,17H,1,6-10H2,2-4H3/t11-,12+,13+,15?/m0/s1. The van der Waals surface area contributed by atoms with Crippen LogP contribution >= 0.6 is 0 Å². The molecule has 1 N–H and O–H groups in total. The molecule has 1 saturated heterocycles. The van der Waals surface area contributed by atoms with E-state index in [0.29, 0.717) is 19.1 Å². The van der Waals surface area contributed by atoms with Crippen LogP contribution in [0.15, 0.2) is 12.7 Å². The third-order valence-corrected chi connectivity index (χ3v) is 5.87. The lowest BCUT2D eigenvalue weighted by molar-refractivity contribution is -0.204. The molecule has 0 aromatic carbocycles. The lowest BCUT2D eigenvalue weighted by Gasteiger charge is -2.38. The first kappa shape index (κ1) is 13.6. The minimum absolute atomic E-state index is 0.172. The molecule has 3 aliphatic rings. The Balaban J connectivity index is 1.99. The molecule has 1 heterocycles. The Morgan fingerprint density at radius 2 is 1.95 bits per heavy atom. The molecule has 0 amide bonds. The SMILES string of the molecule is C=CC(C)(O)[C@@H]1CC(C)(C)[C@H]2CCC3(OCCO3)[C@@H]12. The second kappa shape index (κ2) is 4.06. The maximum atomic E-state index is 10.7. The van der Waals surface area contributed by atoms with Gasteiger partial charge in [-0.3, -0.25) is 0 Å². The Kier molecular flexibility index (Phi) is 2.91. The molecule has 19 heavy (non-hydrogen) atoms. The van der Waals surface area contributed by atoms with Crippen molar-refractivity contribution in [3.8, 4) is 0 Å². The van der Waals surface area contributed by atoms with E-state index >= 15 is 0 Å².